The lowest BCUT2D eigenvalue weighted by atomic mass is 9.97. The van der Waals surface area contributed by atoms with Crippen LogP contribution in [0.5, 0.6) is 0 Å². The fourth-order valence-electron chi connectivity index (χ4n) is 6.09. The lowest BCUT2D eigenvalue weighted by molar-refractivity contribution is -0.138. The van der Waals surface area contributed by atoms with E-state index >= 15 is 0 Å². The number of carbonyl (C=O) groups is 1. The molecule has 2 atom stereocenters. The van der Waals surface area contributed by atoms with E-state index in [-0.39, 0.29) is 36.1 Å². The van der Waals surface area contributed by atoms with Gasteiger partial charge in [0.25, 0.3) is 5.91 Å². The topological polar surface area (TPSA) is 132 Å². The van der Waals surface area contributed by atoms with Crippen molar-refractivity contribution in [3.8, 4) is 28.6 Å². The third-order valence-electron chi connectivity index (χ3n) is 8.31. The number of amides is 1. The van der Waals surface area contributed by atoms with Crippen LogP contribution in [-0.2, 0) is 26.3 Å². The van der Waals surface area contributed by atoms with Crippen molar-refractivity contribution in [1.29, 1.82) is 5.26 Å². The number of alkyl halides is 3. The third kappa shape index (κ3) is 5.86. The molecule has 0 unspecified atom stereocenters. The highest BCUT2D eigenvalue weighted by Gasteiger charge is 2.41. The van der Waals surface area contributed by atoms with Crippen LogP contribution < -0.4 is 15.5 Å². The predicted octanol–water partition coefficient (Wildman–Crippen LogP) is 5.03. The molecule has 1 saturated carbocycles. The van der Waals surface area contributed by atoms with Crippen molar-refractivity contribution in [2.24, 2.45) is 7.05 Å². The van der Waals surface area contributed by atoms with E-state index in [9.17, 15) is 28.3 Å². The number of nitrogens with one attached hydrogen (secondary N) is 2. The minimum atomic E-state index is -4.68. The molecule has 1 aliphatic heterocycles. The second-order valence-electron chi connectivity index (χ2n) is 11.3. The Labute approximate surface area is 257 Å². The molecule has 232 valence electrons. The Morgan fingerprint density at radius 2 is 1.93 bits per heavy atom. The predicted molar refractivity (Wildman–Crippen MR) is 161 cm³/mol. The number of halogens is 3. The smallest absolute Gasteiger partial charge is 0.392 e. The molecule has 13 heteroatoms. The third-order valence-corrected chi connectivity index (χ3v) is 8.31. The van der Waals surface area contributed by atoms with Crippen molar-refractivity contribution >= 4 is 17.5 Å². The van der Waals surface area contributed by atoms with E-state index in [4.69, 9.17) is 0 Å². The average molecular weight is 617 g/mol. The van der Waals surface area contributed by atoms with Gasteiger partial charge in [-0.05, 0) is 84.8 Å². The van der Waals surface area contributed by atoms with E-state index in [0.29, 0.717) is 52.4 Å². The van der Waals surface area contributed by atoms with Gasteiger partial charge in [0.05, 0.1) is 29.8 Å². The zero-order valence-electron chi connectivity index (χ0n) is 24.7. The van der Waals surface area contributed by atoms with Gasteiger partial charge in [0.1, 0.15) is 18.0 Å². The van der Waals surface area contributed by atoms with Crippen LogP contribution in [-0.4, -0.2) is 49.5 Å². The Morgan fingerprint density at radius 1 is 1.11 bits per heavy atom. The van der Waals surface area contributed by atoms with Crippen molar-refractivity contribution in [2.75, 3.05) is 16.8 Å². The first-order valence-electron chi connectivity index (χ1n) is 14.7. The molecule has 1 amide bonds. The van der Waals surface area contributed by atoms with Crippen molar-refractivity contribution in [3.63, 3.8) is 0 Å². The van der Waals surface area contributed by atoms with Crippen molar-refractivity contribution in [2.45, 2.75) is 57.6 Å². The van der Waals surface area contributed by atoms with Crippen LogP contribution in [0.3, 0.4) is 0 Å². The lowest BCUT2D eigenvalue weighted by Crippen LogP contribution is -2.35. The summed E-state index contributed by atoms with van der Waals surface area (Å²) in [6, 6.07) is 13.1. The maximum atomic E-state index is 14.4. The SMILES string of the molecule is CCNc1cc(-c2ccc(C#N)cc2-c2nncn2C)cc(N2Cc3c(cc(CN[C@@H]4CCC[C@@H]4O)cc3C(F)(F)F)C2=O)n1. The first-order valence-corrected chi connectivity index (χ1v) is 14.7. The maximum Gasteiger partial charge on any atom is 0.416 e. The molecule has 6 rings (SSSR count). The van der Waals surface area contributed by atoms with Crippen molar-refractivity contribution < 1.29 is 23.1 Å². The molecule has 3 N–H and O–H groups in total. The van der Waals surface area contributed by atoms with Gasteiger partial charge >= 0.3 is 6.18 Å². The van der Waals surface area contributed by atoms with Gasteiger partial charge in [0.15, 0.2) is 5.82 Å². The Balaban J connectivity index is 1.41. The Hall–Kier alpha value is -4.80. The number of aliphatic hydroxyl groups is 1. The summed E-state index contributed by atoms with van der Waals surface area (Å²) in [5, 5.41) is 34.2. The summed E-state index contributed by atoms with van der Waals surface area (Å²) in [4.78, 5) is 19.7. The first kappa shape index (κ1) is 30.2. The highest BCUT2D eigenvalue weighted by atomic mass is 19.4. The fraction of sp³-hybridized carbons (Fsp3) is 0.344. The van der Waals surface area contributed by atoms with E-state index in [1.54, 1.807) is 41.9 Å². The molecule has 2 aliphatic rings. The van der Waals surface area contributed by atoms with Crippen LogP contribution in [0.4, 0.5) is 24.8 Å². The quantitative estimate of drug-likeness (QED) is 0.251. The molecule has 10 nitrogen and oxygen atoms in total. The minimum Gasteiger partial charge on any atom is -0.392 e. The number of aliphatic hydroxyl groups excluding tert-OH is 1. The molecule has 0 spiro atoms. The molecule has 0 radical (unpaired) electrons. The van der Waals surface area contributed by atoms with E-state index in [2.05, 4.69) is 31.9 Å². The van der Waals surface area contributed by atoms with E-state index in [1.807, 2.05) is 6.92 Å². The molecule has 3 heterocycles. The molecule has 2 aromatic heterocycles. The largest absolute Gasteiger partial charge is 0.416 e. The molecule has 45 heavy (non-hydrogen) atoms. The number of fused-ring (bicyclic) bond motifs is 1. The second-order valence-corrected chi connectivity index (χ2v) is 11.3. The summed E-state index contributed by atoms with van der Waals surface area (Å²) in [7, 11) is 1.78. The summed E-state index contributed by atoms with van der Waals surface area (Å²) in [5.41, 5.74) is 1.66. The molecule has 0 saturated heterocycles. The number of hydrogen-bond donors (Lipinski definition) is 3. The number of aryl methyl sites for hydroxylation is 1. The van der Waals surface area contributed by atoms with E-state index in [0.717, 1.165) is 18.9 Å². The average Bonchev–Trinajstić information content (AvgIpc) is 3.73. The number of carbonyl (C=O) groups excluding carboxylic acids is 1. The number of benzene rings is 2. The van der Waals surface area contributed by atoms with Crippen LogP contribution in [0, 0.1) is 11.3 Å². The van der Waals surface area contributed by atoms with Gasteiger partial charge in [-0.2, -0.15) is 18.4 Å². The molecule has 4 aromatic rings. The molecule has 1 aliphatic carbocycles. The number of nitrogens with zero attached hydrogens (tertiary/aromatic N) is 6. The highest BCUT2D eigenvalue weighted by Crippen LogP contribution is 2.41. The van der Waals surface area contributed by atoms with Crippen LogP contribution >= 0.6 is 0 Å². The van der Waals surface area contributed by atoms with Crippen LogP contribution in [0.1, 0.15) is 58.8 Å². The zero-order chi connectivity index (χ0) is 31.9. The summed E-state index contributed by atoms with van der Waals surface area (Å²) < 4.78 is 44.8. The van der Waals surface area contributed by atoms with Crippen LogP contribution in [0.15, 0.2) is 48.8 Å². The number of aromatic nitrogens is 4. The van der Waals surface area contributed by atoms with E-state index in [1.165, 1.54) is 17.3 Å². The Bertz CT molecular complexity index is 1810. The lowest BCUT2D eigenvalue weighted by Gasteiger charge is -2.19. The van der Waals surface area contributed by atoms with Gasteiger partial charge in [0, 0.05) is 37.3 Å². The summed E-state index contributed by atoms with van der Waals surface area (Å²) in [5.74, 6) is 0.535. The monoisotopic (exact) mass is 616 g/mol. The van der Waals surface area contributed by atoms with Gasteiger partial charge in [-0.25, -0.2) is 4.98 Å². The maximum absolute atomic E-state index is 14.4. The zero-order valence-corrected chi connectivity index (χ0v) is 24.7. The van der Waals surface area contributed by atoms with Gasteiger partial charge < -0.3 is 20.3 Å². The van der Waals surface area contributed by atoms with Gasteiger partial charge in [-0.1, -0.05) is 6.07 Å². The molecule has 1 fully saturated rings. The summed E-state index contributed by atoms with van der Waals surface area (Å²) in [6.45, 7) is 2.18. The molecule has 0 bridgehead atoms. The second kappa shape index (κ2) is 11.9. The number of nitriles is 1. The van der Waals surface area contributed by atoms with Crippen molar-refractivity contribution in [1.82, 2.24) is 25.1 Å². The van der Waals surface area contributed by atoms with Crippen molar-refractivity contribution in [3.05, 3.63) is 76.6 Å². The number of pyridine rings is 1. The van der Waals surface area contributed by atoms with Gasteiger partial charge in [-0.3, -0.25) is 9.69 Å². The van der Waals surface area contributed by atoms with E-state index < -0.39 is 23.8 Å². The normalized spacial score (nSPS) is 17.9. The Morgan fingerprint density at radius 3 is 2.60 bits per heavy atom. The Kier molecular flexibility index (Phi) is 8.03. The summed E-state index contributed by atoms with van der Waals surface area (Å²) in [6.07, 6.45) is -1.47. The summed E-state index contributed by atoms with van der Waals surface area (Å²) >= 11 is 0. The van der Waals surface area contributed by atoms with Crippen LogP contribution in [0.2, 0.25) is 0 Å². The molecule has 2 aromatic carbocycles. The molecular formula is C32H31F3N8O2. The molecular weight excluding hydrogens is 585 g/mol. The standard InChI is InChI=1S/C32H31F3N8O2/c1-3-37-28-12-20(21-8-7-18(14-36)9-22(21)30-41-39-17-42(30)2)13-29(40-28)43-16-24-23(31(43)45)10-19(11-25(24)32(33,34)35)15-38-26-5-4-6-27(26)44/h7-13,17,26-27,38,44H,3-6,15-16H2,1-2H3,(H,37,40)/t26-,27+/m1/s1. The first-order chi connectivity index (χ1) is 21.6. The minimum absolute atomic E-state index is 0.0241. The highest BCUT2D eigenvalue weighted by molar-refractivity contribution is 6.10. The van der Waals surface area contributed by atoms with Crippen LogP contribution in [0.25, 0.3) is 22.5 Å². The van der Waals surface area contributed by atoms with Gasteiger partial charge in [0.2, 0.25) is 0 Å². The fourth-order valence-corrected chi connectivity index (χ4v) is 6.09. The number of hydrogen-bond acceptors (Lipinski definition) is 8. The number of anilines is 2. The number of rotatable bonds is 8. The van der Waals surface area contributed by atoms with Gasteiger partial charge in [-0.15, -0.1) is 10.2 Å².